The van der Waals surface area contributed by atoms with Crippen molar-refractivity contribution < 1.29 is 9.47 Å². The molecule has 1 saturated heterocycles. The van der Waals surface area contributed by atoms with Crippen LogP contribution < -0.4 is 0 Å². The van der Waals surface area contributed by atoms with E-state index >= 15 is 0 Å². The van der Waals surface area contributed by atoms with Crippen LogP contribution in [0.25, 0.3) is 0 Å². The van der Waals surface area contributed by atoms with Crippen LogP contribution in [0.15, 0.2) is 70.9 Å². The first kappa shape index (κ1) is 16.0. The van der Waals surface area contributed by atoms with Gasteiger partial charge in [-0.1, -0.05) is 67.1 Å². The first-order valence-electron chi connectivity index (χ1n) is 10.1. The molecule has 1 spiro atoms. The fourth-order valence-corrected chi connectivity index (χ4v) is 6.47. The average Bonchev–Trinajstić information content (AvgIpc) is 3.45. The van der Waals surface area contributed by atoms with Gasteiger partial charge in [0.2, 0.25) is 5.79 Å². The summed E-state index contributed by atoms with van der Waals surface area (Å²) >= 11 is 0. The van der Waals surface area contributed by atoms with Gasteiger partial charge in [-0.05, 0) is 30.9 Å². The second-order valence-electron chi connectivity index (χ2n) is 8.46. The van der Waals surface area contributed by atoms with Gasteiger partial charge in [0.25, 0.3) is 0 Å². The molecule has 4 aliphatic rings. The lowest BCUT2D eigenvalue weighted by molar-refractivity contribution is -0.229. The molecule has 2 aliphatic heterocycles. The predicted molar refractivity (Wildman–Crippen MR) is 101 cm³/mol. The van der Waals surface area contributed by atoms with Crippen LogP contribution in [0.5, 0.6) is 0 Å². The zero-order chi connectivity index (χ0) is 18.1. The molecular formula is C23H24N2O2. The highest BCUT2D eigenvalue weighted by Gasteiger charge is 2.85. The maximum absolute atomic E-state index is 6.74. The Morgan fingerprint density at radius 2 is 1.33 bits per heavy atom. The van der Waals surface area contributed by atoms with Crippen LogP contribution in [-0.4, -0.2) is 18.5 Å². The second-order valence-corrected chi connectivity index (χ2v) is 8.46. The minimum Gasteiger partial charge on any atom is -0.342 e. The highest BCUT2D eigenvalue weighted by atomic mass is 16.8. The first-order valence-corrected chi connectivity index (χ1v) is 10.1. The van der Waals surface area contributed by atoms with Crippen molar-refractivity contribution in [2.24, 2.45) is 22.1 Å². The Morgan fingerprint density at radius 1 is 0.815 bits per heavy atom. The van der Waals surface area contributed by atoms with E-state index in [-0.39, 0.29) is 6.10 Å². The third-order valence-corrected chi connectivity index (χ3v) is 7.27. The van der Waals surface area contributed by atoms with E-state index in [9.17, 15) is 0 Å². The fourth-order valence-electron chi connectivity index (χ4n) is 6.47. The van der Waals surface area contributed by atoms with Gasteiger partial charge in [-0.25, -0.2) is 0 Å². The molecule has 2 heterocycles. The molecule has 2 bridgehead atoms. The minimum absolute atomic E-state index is 0.0403. The number of rotatable bonds is 2. The van der Waals surface area contributed by atoms with Crippen molar-refractivity contribution in [1.29, 1.82) is 0 Å². The Hall–Kier alpha value is -2.04. The summed E-state index contributed by atoms with van der Waals surface area (Å²) in [6.45, 7) is 2.69. The molecule has 2 aromatic rings. The molecule has 6 rings (SSSR count). The summed E-state index contributed by atoms with van der Waals surface area (Å²) in [7, 11) is 0. The molecule has 2 aliphatic carbocycles. The molecule has 2 saturated carbocycles. The molecule has 0 radical (unpaired) electrons. The zero-order valence-electron chi connectivity index (χ0n) is 15.5. The second kappa shape index (κ2) is 5.27. The third-order valence-electron chi connectivity index (χ3n) is 7.27. The molecule has 0 aromatic heterocycles. The van der Waals surface area contributed by atoms with Gasteiger partial charge in [-0.15, -0.1) is 0 Å². The normalized spacial score (nSPS) is 44.3. The number of fused-ring (bicyclic) bond motifs is 3. The molecule has 6 atom stereocenters. The molecule has 27 heavy (non-hydrogen) atoms. The molecule has 4 unspecified atom stereocenters. The lowest BCUT2D eigenvalue weighted by Gasteiger charge is -2.42. The topological polar surface area (TPSA) is 43.2 Å². The summed E-state index contributed by atoms with van der Waals surface area (Å²) in [6, 6.07) is 21.2. The van der Waals surface area contributed by atoms with Crippen molar-refractivity contribution in [2.75, 3.05) is 6.61 Å². The van der Waals surface area contributed by atoms with Gasteiger partial charge in [0.05, 0.1) is 12.7 Å². The van der Waals surface area contributed by atoms with Crippen LogP contribution in [-0.2, 0) is 20.6 Å². The largest absolute Gasteiger partial charge is 0.342 e. The number of benzene rings is 2. The van der Waals surface area contributed by atoms with Crippen molar-refractivity contribution in [3.05, 3.63) is 71.8 Å². The summed E-state index contributed by atoms with van der Waals surface area (Å²) in [5, 5.41) is 10.1. The van der Waals surface area contributed by atoms with Crippen LogP contribution in [0.4, 0.5) is 0 Å². The monoisotopic (exact) mass is 360 g/mol. The lowest BCUT2D eigenvalue weighted by atomic mass is 9.74. The summed E-state index contributed by atoms with van der Waals surface area (Å²) in [5.74, 6) is -0.0662. The number of hydrogen-bond donors (Lipinski definition) is 0. The summed E-state index contributed by atoms with van der Waals surface area (Å²) < 4.78 is 13.4. The smallest absolute Gasteiger partial charge is 0.233 e. The van der Waals surface area contributed by atoms with Crippen LogP contribution >= 0.6 is 0 Å². The third kappa shape index (κ3) is 1.64. The van der Waals surface area contributed by atoms with Crippen molar-refractivity contribution in [3.63, 3.8) is 0 Å². The van der Waals surface area contributed by atoms with E-state index in [1.54, 1.807) is 0 Å². The Kier molecular flexibility index (Phi) is 3.12. The van der Waals surface area contributed by atoms with Gasteiger partial charge in [-0.2, -0.15) is 10.2 Å². The number of hydrogen-bond acceptors (Lipinski definition) is 4. The summed E-state index contributed by atoms with van der Waals surface area (Å²) in [4.78, 5) is 0. The van der Waals surface area contributed by atoms with E-state index in [2.05, 4.69) is 67.6 Å². The van der Waals surface area contributed by atoms with Gasteiger partial charge in [0.15, 0.2) is 11.1 Å². The highest BCUT2D eigenvalue weighted by molar-refractivity contribution is 5.46. The van der Waals surface area contributed by atoms with E-state index in [1.165, 1.54) is 17.5 Å². The Labute approximate surface area is 159 Å². The van der Waals surface area contributed by atoms with Crippen molar-refractivity contribution in [3.8, 4) is 0 Å². The number of ether oxygens (including phenoxy) is 2. The zero-order valence-corrected chi connectivity index (χ0v) is 15.5. The number of nitrogens with zero attached hydrogens (tertiary/aromatic N) is 2. The molecule has 0 amide bonds. The molecule has 3 fully saturated rings. The molecular weight excluding hydrogens is 336 g/mol. The first-order chi connectivity index (χ1) is 13.2. The lowest BCUT2D eigenvalue weighted by Crippen LogP contribution is -2.56. The highest BCUT2D eigenvalue weighted by Crippen LogP contribution is 2.76. The standard InChI is InChI=1S/C23H24N2O2/c1-16-15-26-23(27-16)21(17-9-4-2-5-10-17)19-13-8-14-20(19)22(23,25-24-21)18-11-6-3-7-12-18/h2-7,9-12,16,19-20H,8,13-15H2,1H3/t16?,19?,20?,21-,22+,23?. The SMILES string of the molecule is CC1COC2(O1)[C@]1(c3ccccc3)N=N[C@@]2(c2ccccc2)C2CCCC21. The quantitative estimate of drug-likeness (QED) is 0.772. The minimum atomic E-state index is -0.849. The van der Waals surface area contributed by atoms with E-state index in [4.69, 9.17) is 19.7 Å². The van der Waals surface area contributed by atoms with E-state index in [0.717, 1.165) is 12.8 Å². The maximum atomic E-state index is 6.74. The molecule has 4 heteroatoms. The molecule has 2 aromatic carbocycles. The number of azo groups is 1. The van der Waals surface area contributed by atoms with E-state index in [0.29, 0.717) is 18.4 Å². The Balaban J connectivity index is 1.67. The Bertz CT molecular complexity index is 836. The maximum Gasteiger partial charge on any atom is 0.233 e. The van der Waals surface area contributed by atoms with Crippen LogP contribution in [0.1, 0.15) is 37.3 Å². The van der Waals surface area contributed by atoms with Crippen LogP contribution in [0.3, 0.4) is 0 Å². The van der Waals surface area contributed by atoms with Gasteiger partial charge < -0.3 is 9.47 Å². The van der Waals surface area contributed by atoms with Crippen molar-refractivity contribution in [2.45, 2.75) is 49.2 Å². The predicted octanol–water partition coefficient (Wildman–Crippen LogP) is 4.80. The van der Waals surface area contributed by atoms with Crippen LogP contribution in [0.2, 0.25) is 0 Å². The molecule has 4 nitrogen and oxygen atoms in total. The van der Waals surface area contributed by atoms with Gasteiger partial charge in [0.1, 0.15) is 0 Å². The van der Waals surface area contributed by atoms with Gasteiger partial charge in [-0.3, -0.25) is 0 Å². The Morgan fingerprint density at radius 3 is 1.78 bits per heavy atom. The van der Waals surface area contributed by atoms with Gasteiger partial charge in [0, 0.05) is 11.8 Å². The molecule has 138 valence electrons. The van der Waals surface area contributed by atoms with Crippen molar-refractivity contribution in [1.82, 2.24) is 0 Å². The average molecular weight is 360 g/mol. The summed E-state index contributed by atoms with van der Waals surface area (Å²) in [6.07, 6.45) is 3.56. The van der Waals surface area contributed by atoms with Crippen molar-refractivity contribution >= 4 is 0 Å². The van der Waals surface area contributed by atoms with Crippen LogP contribution in [0, 0.1) is 11.8 Å². The summed E-state index contributed by atoms with van der Waals surface area (Å²) in [5.41, 5.74) is 1.23. The van der Waals surface area contributed by atoms with E-state index in [1.807, 2.05) is 0 Å². The molecule has 0 N–H and O–H groups in total. The van der Waals surface area contributed by atoms with E-state index < -0.39 is 16.9 Å². The van der Waals surface area contributed by atoms with Gasteiger partial charge >= 0.3 is 0 Å². The fraction of sp³-hybridized carbons (Fsp3) is 0.478.